The van der Waals surface area contributed by atoms with E-state index in [1.165, 1.54) is 0 Å². The number of aliphatic hydroxyl groups excluding tert-OH is 1. The van der Waals surface area contributed by atoms with Crippen LogP contribution in [0.15, 0.2) is 24.3 Å². The summed E-state index contributed by atoms with van der Waals surface area (Å²) in [7, 11) is 1.63. The van der Waals surface area contributed by atoms with E-state index in [-0.39, 0.29) is 6.10 Å². The summed E-state index contributed by atoms with van der Waals surface area (Å²) in [5.41, 5.74) is 0.891. The number of aliphatic hydroxyl groups is 1. The van der Waals surface area contributed by atoms with Gasteiger partial charge in [0.1, 0.15) is 11.9 Å². The monoisotopic (exact) mass is 208 g/mol. The third-order valence-corrected chi connectivity index (χ3v) is 2.77. The van der Waals surface area contributed by atoms with E-state index < -0.39 is 6.10 Å². The van der Waals surface area contributed by atoms with Gasteiger partial charge in [-0.15, -0.1) is 0 Å². The predicted molar refractivity (Wildman–Crippen MR) is 56.9 cm³/mol. The average Bonchev–Trinajstić information content (AvgIpc) is 2.82. The maximum atomic E-state index is 10.0. The highest BCUT2D eigenvalue weighted by molar-refractivity contribution is 5.28. The molecule has 82 valence electrons. The molecule has 1 aliphatic heterocycles. The quantitative estimate of drug-likeness (QED) is 0.824. The van der Waals surface area contributed by atoms with Crippen molar-refractivity contribution in [3.05, 3.63) is 29.8 Å². The molecule has 1 aromatic carbocycles. The van der Waals surface area contributed by atoms with Crippen LogP contribution in [0.2, 0.25) is 0 Å². The molecule has 1 N–H and O–H groups in total. The minimum Gasteiger partial charge on any atom is -0.497 e. The Morgan fingerprint density at radius 1 is 1.40 bits per heavy atom. The van der Waals surface area contributed by atoms with Crippen molar-refractivity contribution >= 4 is 0 Å². The van der Waals surface area contributed by atoms with Crippen molar-refractivity contribution in [3.8, 4) is 5.75 Å². The molecular weight excluding hydrogens is 192 g/mol. The van der Waals surface area contributed by atoms with Gasteiger partial charge in [0.15, 0.2) is 0 Å². The van der Waals surface area contributed by atoms with E-state index in [0.29, 0.717) is 0 Å². The second-order valence-electron chi connectivity index (χ2n) is 3.77. The molecule has 1 fully saturated rings. The highest BCUT2D eigenvalue weighted by atomic mass is 16.5. The summed E-state index contributed by atoms with van der Waals surface area (Å²) in [4.78, 5) is 0. The van der Waals surface area contributed by atoms with Crippen LogP contribution in [0, 0.1) is 0 Å². The number of hydrogen-bond acceptors (Lipinski definition) is 3. The molecule has 0 aromatic heterocycles. The van der Waals surface area contributed by atoms with Gasteiger partial charge >= 0.3 is 0 Å². The van der Waals surface area contributed by atoms with E-state index in [1.54, 1.807) is 7.11 Å². The van der Waals surface area contributed by atoms with Gasteiger partial charge in [0, 0.05) is 6.61 Å². The molecule has 3 nitrogen and oxygen atoms in total. The number of ether oxygens (including phenoxy) is 2. The van der Waals surface area contributed by atoms with E-state index in [2.05, 4.69) is 0 Å². The van der Waals surface area contributed by atoms with E-state index in [0.717, 1.165) is 30.8 Å². The van der Waals surface area contributed by atoms with E-state index >= 15 is 0 Å². The van der Waals surface area contributed by atoms with Crippen LogP contribution in [0.3, 0.4) is 0 Å². The molecule has 0 radical (unpaired) electrons. The van der Waals surface area contributed by atoms with E-state index in [4.69, 9.17) is 9.47 Å². The zero-order valence-electron chi connectivity index (χ0n) is 8.85. The van der Waals surface area contributed by atoms with Crippen LogP contribution in [0.25, 0.3) is 0 Å². The number of methoxy groups -OCH3 is 1. The zero-order chi connectivity index (χ0) is 10.7. The molecule has 3 heteroatoms. The molecule has 0 amide bonds. The smallest absolute Gasteiger partial charge is 0.118 e. The molecule has 0 unspecified atom stereocenters. The minimum atomic E-state index is -0.515. The fraction of sp³-hybridized carbons (Fsp3) is 0.500. The van der Waals surface area contributed by atoms with Crippen LogP contribution in [0.1, 0.15) is 24.5 Å². The fourth-order valence-electron chi connectivity index (χ4n) is 1.87. The van der Waals surface area contributed by atoms with Crippen molar-refractivity contribution in [1.82, 2.24) is 0 Å². The Balaban J connectivity index is 2.07. The van der Waals surface area contributed by atoms with Crippen LogP contribution in [-0.2, 0) is 4.74 Å². The largest absolute Gasteiger partial charge is 0.497 e. The van der Waals surface area contributed by atoms with Crippen LogP contribution >= 0.6 is 0 Å². The molecule has 1 aliphatic rings. The van der Waals surface area contributed by atoms with Crippen molar-refractivity contribution < 1.29 is 14.6 Å². The molecule has 0 aliphatic carbocycles. The first-order valence-corrected chi connectivity index (χ1v) is 5.25. The zero-order valence-corrected chi connectivity index (χ0v) is 8.85. The van der Waals surface area contributed by atoms with Gasteiger partial charge in [0.25, 0.3) is 0 Å². The van der Waals surface area contributed by atoms with Crippen molar-refractivity contribution in [1.29, 1.82) is 0 Å². The topological polar surface area (TPSA) is 38.7 Å². The number of hydrogen-bond donors (Lipinski definition) is 1. The van der Waals surface area contributed by atoms with Crippen LogP contribution < -0.4 is 4.74 Å². The molecule has 0 bridgehead atoms. The van der Waals surface area contributed by atoms with Gasteiger partial charge in [-0.3, -0.25) is 0 Å². The van der Waals surface area contributed by atoms with Gasteiger partial charge in [0.05, 0.1) is 13.2 Å². The molecule has 2 rings (SSSR count). The van der Waals surface area contributed by atoms with E-state index in [1.807, 2.05) is 24.3 Å². The first-order chi connectivity index (χ1) is 7.31. The molecule has 0 spiro atoms. The van der Waals surface area contributed by atoms with Gasteiger partial charge in [-0.1, -0.05) is 12.1 Å². The Bertz CT molecular complexity index is 301. The normalized spacial score (nSPS) is 22.7. The highest BCUT2D eigenvalue weighted by Crippen LogP contribution is 2.27. The summed E-state index contributed by atoms with van der Waals surface area (Å²) in [6.45, 7) is 0.762. The SMILES string of the molecule is COc1ccc([C@H](O)[C@H]2CCCO2)cc1. The lowest BCUT2D eigenvalue weighted by atomic mass is 10.0. The van der Waals surface area contributed by atoms with Crippen molar-refractivity contribution in [3.63, 3.8) is 0 Å². The predicted octanol–water partition coefficient (Wildman–Crippen LogP) is 1.91. The van der Waals surface area contributed by atoms with Gasteiger partial charge in [-0.2, -0.15) is 0 Å². The lowest BCUT2D eigenvalue weighted by Crippen LogP contribution is -2.16. The Morgan fingerprint density at radius 3 is 2.67 bits per heavy atom. The Labute approximate surface area is 89.6 Å². The summed E-state index contributed by atoms with van der Waals surface area (Å²) in [6, 6.07) is 7.47. The van der Waals surface area contributed by atoms with Gasteiger partial charge in [-0.05, 0) is 30.5 Å². The summed E-state index contributed by atoms with van der Waals surface area (Å²) in [6.07, 6.45) is 1.42. The lowest BCUT2D eigenvalue weighted by Gasteiger charge is -2.17. The first kappa shape index (κ1) is 10.5. The number of benzene rings is 1. The lowest BCUT2D eigenvalue weighted by molar-refractivity contribution is -0.00260. The molecule has 15 heavy (non-hydrogen) atoms. The Morgan fingerprint density at radius 2 is 2.13 bits per heavy atom. The Hall–Kier alpha value is -1.06. The summed E-state index contributed by atoms with van der Waals surface area (Å²) in [5, 5.41) is 10.0. The van der Waals surface area contributed by atoms with Gasteiger partial charge in [0.2, 0.25) is 0 Å². The van der Waals surface area contributed by atoms with Crippen LogP contribution in [0.4, 0.5) is 0 Å². The van der Waals surface area contributed by atoms with Gasteiger partial charge in [-0.25, -0.2) is 0 Å². The van der Waals surface area contributed by atoms with Gasteiger partial charge < -0.3 is 14.6 Å². The first-order valence-electron chi connectivity index (χ1n) is 5.25. The second-order valence-corrected chi connectivity index (χ2v) is 3.77. The highest BCUT2D eigenvalue weighted by Gasteiger charge is 2.25. The Kier molecular flexibility index (Phi) is 3.23. The summed E-state index contributed by atoms with van der Waals surface area (Å²) in [5.74, 6) is 0.804. The molecule has 1 aromatic rings. The third kappa shape index (κ3) is 2.30. The number of rotatable bonds is 3. The molecule has 1 saturated heterocycles. The second kappa shape index (κ2) is 4.64. The van der Waals surface area contributed by atoms with Crippen LogP contribution in [-0.4, -0.2) is 24.9 Å². The van der Waals surface area contributed by atoms with E-state index in [9.17, 15) is 5.11 Å². The molecule has 2 atom stereocenters. The van der Waals surface area contributed by atoms with Crippen molar-refractivity contribution in [2.45, 2.75) is 25.0 Å². The minimum absolute atomic E-state index is 0.0432. The molecule has 1 heterocycles. The standard InChI is InChI=1S/C12H16O3/c1-14-10-6-4-9(5-7-10)12(13)11-3-2-8-15-11/h4-7,11-13H,2-3,8H2,1H3/t11-,12+/m1/s1. The fourth-order valence-corrected chi connectivity index (χ4v) is 1.87. The molecular formula is C12H16O3. The maximum absolute atomic E-state index is 10.0. The molecule has 0 saturated carbocycles. The average molecular weight is 208 g/mol. The van der Waals surface area contributed by atoms with Crippen molar-refractivity contribution in [2.24, 2.45) is 0 Å². The maximum Gasteiger partial charge on any atom is 0.118 e. The van der Waals surface area contributed by atoms with Crippen molar-refractivity contribution in [2.75, 3.05) is 13.7 Å². The summed E-state index contributed by atoms with van der Waals surface area (Å²) >= 11 is 0. The summed E-state index contributed by atoms with van der Waals surface area (Å²) < 4.78 is 10.5. The van der Waals surface area contributed by atoms with Crippen LogP contribution in [0.5, 0.6) is 5.75 Å². The third-order valence-electron chi connectivity index (χ3n) is 2.77.